The summed E-state index contributed by atoms with van der Waals surface area (Å²) in [6.45, 7) is 9.05. The van der Waals surface area contributed by atoms with E-state index in [1.54, 1.807) is 0 Å². The lowest BCUT2D eigenvalue weighted by Crippen LogP contribution is -1.97. The Hall–Kier alpha value is -0.560. The molecule has 1 nitrogen and oxygen atoms in total. The molecule has 1 heteroatoms. The van der Waals surface area contributed by atoms with Crippen LogP contribution in [0.15, 0.2) is 23.3 Å². The van der Waals surface area contributed by atoms with Gasteiger partial charge in [0.1, 0.15) is 0 Å². The van der Waals surface area contributed by atoms with Gasteiger partial charge in [-0.2, -0.15) is 0 Å². The van der Waals surface area contributed by atoms with Gasteiger partial charge in [-0.05, 0) is 58.8 Å². The Labute approximate surface area is 101 Å². The molecule has 0 aromatic heterocycles. The first-order valence-electron chi connectivity index (χ1n) is 6.46. The van der Waals surface area contributed by atoms with Crippen LogP contribution in [0.25, 0.3) is 0 Å². The van der Waals surface area contributed by atoms with Crippen molar-refractivity contribution in [2.24, 2.45) is 5.92 Å². The summed E-state index contributed by atoms with van der Waals surface area (Å²) in [4.78, 5) is 0. The van der Waals surface area contributed by atoms with Gasteiger partial charge in [-0.25, -0.2) is 0 Å². The van der Waals surface area contributed by atoms with Crippen LogP contribution in [-0.2, 0) is 0 Å². The molecule has 1 atom stereocenters. The molecule has 94 valence electrons. The zero-order valence-electron chi connectivity index (χ0n) is 11.4. The predicted octanol–water partition coefficient (Wildman–Crippen LogP) is 4.48. The smallest absolute Gasteiger partial charge is 0.0433 e. The lowest BCUT2D eigenvalue weighted by Gasteiger charge is -2.07. The number of allylic oxidation sites excluding steroid dienone is 4. The number of rotatable bonds is 8. The van der Waals surface area contributed by atoms with Crippen LogP contribution in [0, 0.1) is 5.92 Å². The maximum atomic E-state index is 8.79. The van der Waals surface area contributed by atoms with Crippen molar-refractivity contribution in [2.45, 2.75) is 59.8 Å². The third kappa shape index (κ3) is 9.97. The summed E-state index contributed by atoms with van der Waals surface area (Å²) < 4.78 is 0. The van der Waals surface area contributed by atoms with E-state index in [1.165, 1.54) is 24.0 Å². The minimum absolute atomic E-state index is 0.324. The number of aliphatic hydroxyl groups is 1. The molecule has 0 saturated heterocycles. The van der Waals surface area contributed by atoms with E-state index in [9.17, 15) is 0 Å². The topological polar surface area (TPSA) is 20.2 Å². The van der Waals surface area contributed by atoms with Gasteiger partial charge in [0.2, 0.25) is 0 Å². The maximum Gasteiger partial charge on any atom is 0.0433 e. The van der Waals surface area contributed by atoms with E-state index in [0.29, 0.717) is 12.5 Å². The first kappa shape index (κ1) is 15.4. The lowest BCUT2D eigenvalue weighted by atomic mass is 10.0. The zero-order valence-corrected chi connectivity index (χ0v) is 11.4. The van der Waals surface area contributed by atoms with Gasteiger partial charge in [0.25, 0.3) is 0 Å². The van der Waals surface area contributed by atoms with E-state index in [4.69, 9.17) is 5.11 Å². The summed E-state index contributed by atoms with van der Waals surface area (Å²) in [5.41, 5.74) is 2.90. The van der Waals surface area contributed by atoms with Crippen molar-refractivity contribution in [1.29, 1.82) is 0 Å². The molecule has 1 N–H and O–H groups in total. The number of hydrogen-bond acceptors (Lipinski definition) is 1. The van der Waals surface area contributed by atoms with Gasteiger partial charge < -0.3 is 5.11 Å². The van der Waals surface area contributed by atoms with Gasteiger partial charge in [-0.15, -0.1) is 0 Å². The van der Waals surface area contributed by atoms with Gasteiger partial charge in [0.05, 0.1) is 0 Å². The Morgan fingerprint density at radius 2 is 1.75 bits per heavy atom. The third-order valence-electron chi connectivity index (χ3n) is 2.87. The van der Waals surface area contributed by atoms with E-state index in [2.05, 4.69) is 39.8 Å². The average molecular weight is 224 g/mol. The van der Waals surface area contributed by atoms with Crippen LogP contribution in [0.2, 0.25) is 0 Å². The fourth-order valence-electron chi connectivity index (χ4n) is 1.67. The van der Waals surface area contributed by atoms with E-state index < -0.39 is 0 Å². The molecule has 0 unspecified atom stereocenters. The van der Waals surface area contributed by atoms with Crippen LogP contribution >= 0.6 is 0 Å². The first-order valence-corrected chi connectivity index (χ1v) is 6.46. The molecular weight excluding hydrogens is 196 g/mol. The highest BCUT2D eigenvalue weighted by atomic mass is 16.3. The van der Waals surface area contributed by atoms with Crippen molar-refractivity contribution in [1.82, 2.24) is 0 Å². The molecule has 0 aliphatic heterocycles. The van der Waals surface area contributed by atoms with Crippen molar-refractivity contribution in [3.05, 3.63) is 23.3 Å². The molecule has 0 fully saturated rings. The molecule has 0 heterocycles. The Bertz CT molecular complexity index is 222. The molecule has 0 saturated carbocycles. The minimum atomic E-state index is 0.324. The molecule has 0 bridgehead atoms. The van der Waals surface area contributed by atoms with Crippen LogP contribution in [0.5, 0.6) is 0 Å². The van der Waals surface area contributed by atoms with Crippen LogP contribution in [0.3, 0.4) is 0 Å². The zero-order chi connectivity index (χ0) is 12.4. The van der Waals surface area contributed by atoms with E-state index in [-0.39, 0.29) is 0 Å². The summed E-state index contributed by atoms with van der Waals surface area (Å²) in [7, 11) is 0. The highest BCUT2D eigenvalue weighted by Crippen LogP contribution is 2.13. The fourth-order valence-corrected chi connectivity index (χ4v) is 1.67. The van der Waals surface area contributed by atoms with Gasteiger partial charge >= 0.3 is 0 Å². The predicted molar refractivity (Wildman–Crippen MR) is 72.5 cm³/mol. The highest BCUT2D eigenvalue weighted by molar-refractivity contribution is 5.02. The van der Waals surface area contributed by atoms with Crippen molar-refractivity contribution in [3.8, 4) is 0 Å². The van der Waals surface area contributed by atoms with Gasteiger partial charge in [0.15, 0.2) is 0 Å². The number of aliphatic hydroxyl groups excluding tert-OH is 1. The van der Waals surface area contributed by atoms with E-state index >= 15 is 0 Å². The second kappa shape index (κ2) is 9.65. The third-order valence-corrected chi connectivity index (χ3v) is 2.87. The number of hydrogen-bond donors (Lipinski definition) is 1. The SMILES string of the molecule is CC(C)=CCCC(C)=CCC[C@@H](C)CCO. The summed E-state index contributed by atoms with van der Waals surface area (Å²) >= 11 is 0. The molecule has 0 amide bonds. The monoisotopic (exact) mass is 224 g/mol. The van der Waals surface area contributed by atoms with Crippen molar-refractivity contribution < 1.29 is 5.11 Å². The molecule has 0 aliphatic rings. The summed E-state index contributed by atoms with van der Waals surface area (Å²) in [6, 6.07) is 0. The lowest BCUT2D eigenvalue weighted by molar-refractivity contribution is 0.259. The Morgan fingerprint density at radius 3 is 2.31 bits per heavy atom. The molecule has 0 aromatic rings. The largest absolute Gasteiger partial charge is 0.396 e. The Kier molecular flexibility index (Phi) is 9.31. The molecular formula is C15H28O. The molecule has 0 rings (SSSR count). The summed E-state index contributed by atoms with van der Waals surface area (Å²) in [6.07, 6.45) is 10.3. The van der Waals surface area contributed by atoms with Gasteiger partial charge in [0, 0.05) is 6.61 Å². The summed E-state index contributed by atoms with van der Waals surface area (Å²) in [5.74, 6) is 0.645. The quantitative estimate of drug-likeness (QED) is 0.603. The average Bonchev–Trinajstić information content (AvgIpc) is 2.17. The Morgan fingerprint density at radius 1 is 1.06 bits per heavy atom. The standard InChI is InChI=1S/C15H28O/c1-13(2)7-5-8-14(3)9-6-10-15(4)11-12-16/h7,9,15-16H,5-6,8,10-12H2,1-4H3/t15-/m1/s1. The second-order valence-electron chi connectivity index (χ2n) is 5.07. The van der Waals surface area contributed by atoms with Gasteiger partial charge in [-0.1, -0.05) is 30.2 Å². The van der Waals surface area contributed by atoms with Crippen molar-refractivity contribution in [3.63, 3.8) is 0 Å². The van der Waals surface area contributed by atoms with Gasteiger partial charge in [-0.3, -0.25) is 0 Å². The molecule has 0 aliphatic carbocycles. The fraction of sp³-hybridized carbons (Fsp3) is 0.733. The highest BCUT2D eigenvalue weighted by Gasteiger charge is 1.99. The molecule has 0 spiro atoms. The normalized spacial score (nSPS) is 13.7. The molecule has 16 heavy (non-hydrogen) atoms. The molecule has 0 aromatic carbocycles. The molecule has 0 radical (unpaired) electrons. The minimum Gasteiger partial charge on any atom is -0.396 e. The van der Waals surface area contributed by atoms with E-state index in [1.807, 2.05) is 0 Å². The van der Waals surface area contributed by atoms with E-state index in [0.717, 1.165) is 19.3 Å². The van der Waals surface area contributed by atoms with Crippen LogP contribution < -0.4 is 0 Å². The maximum absolute atomic E-state index is 8.79. The van der Waals surface area contributed by atoms with Crippen molar-refractivity contribution in [2.75, 3.05) is 6.61 Å². The van der Waals surface area contributed by atoms with Crippen LogP contribution in [-0.4, -0.2) is 11.7 Å². The summed E-state index contributed by atoms with van der Waals surface area (Å²) in [5, 5.41) is 8.79. The first-order chi connectivity index (χ1) is 7.56. The van der Waals surface area contributed by atoms with Crippen molar-refractivity contribution >= 4 is 0 Å². The Balaban J connectivity index is 3.66. The van der Waals surface area contributed by atoms with Crippen LogP contribution in [0.4, 0.5) is 0 Å². The van der Waals surface area contributed by atoms with Crippen LogP contribution in [0.1, 0.15) is 59.8 Å². The second-order valence-corrected chi connectivity index (χ2v) is 5.07.